The Morgan fingerprint density at radius 1 is 1.07 bits per heavy atom. The zero-order valence-corrected chi connectivity index (χ0v) is 17.1. The molecule has 0 bridgehead atoms. The molecule has 9 heteroatoms. The fourth-order valence-electron chi connectivity index (χ4n) is 4.15. The normalized spacial score (nSPS) is 19.1. The van der Waals surface area contributed by atoms with Gasteiger partial charge in [0.15, 0.2) is 5.75 Å². The van der Waals surface area contributed by atoms with Crippen molar-refractivity contribution in [2.24, 2.45) is 7.05 Å². The Labute approximate surface area is 174 Å². The zero-order chi connectivity index (χ0) is 20.5. The molecule has 0 atom stereocenters. The van der Waals surface area contributed by atoms with Crippen LogP contribution < -0.4 is 10.1 Å². The number of aryl methyl sites for hydroxylation is 1. The number of hydrogen-bond donors (Lipinski definition) is 1. The highest BCUT2D eigenvalue weighted by molar-refractivity contribution is 5.93. The van der Waals surface area contributed by atoms with Gasteiger partial charge in [-0.3, -0.25) is 9.36 Å². The van der Waals surface area contributed by atoms with Gasteiger partial charge in [0, 0.05) is 43.5 Å². The number of pyridine rings is 1. The molecule has 0 amide bonds. The predicted molar refractivity (Wildman–Crippen MR) is 113 cm³/mol. The summed E-state index contributed by atoms with van der Waals surface area (Å²) in [6.45, 7) is 0. The Balaban J connectivity index is 1.42. The van der Waals surface area contributed by atoms with Crippen LogP contribution in [0.5, 0.6) is 5.75 Å². The molecule has 5 rings (SSSR count). The van der Waals surface area contributed by atoms with Crippen LogP contribution in [0.3, 0.4) is 0 Å². The summed E-state index contributed by atoms with van der Waals surface area (Å²) < 4.78 is 10.0. The van der Waals surface area contributed by atoms with E-state index in [9.17, 15) is 0 Å². The molecular formula is C21H24N8O. The van der Waals surface area contributed by atoms with Gasteiger partial charge in [0.2, 0.25) is 0 Å². The van der Waals surface area contributed by atoms with Crippen molar-refractivity contribution in [2.75, 3.05) is 12.4 Å². The Morgan fingerprint density at radius 2 is 1.87 bits per heavy atom. The van der Waals surface area contributed by atoms with Crippen molar-refractivity contribution in [3.63, 3.8) is 0 Å². The first-order valence-corrected chi connectivity index (χ1v) is 10.2. The summed E-state index contributed by atoms with van der Waals surface area (Å²) in [6, 6.07) is 2.39. The number of hydrogen-bond acceptors (Lipinski definition) is 7. The van der Waals surface area contributed by atoms with E-state index in [-0.39, 0.29) is 6.10 Å². The lowest BCUT2D eigenvalue weighted by Crippen LogP contribution is -2.26. The van der Waals surface area contributed by atoms with Crippen molar-refractivity contribution in [1.29, 1.82) is 0 Å². The van der Waals surface area contributed by atoms with E-state index in [1.165, 1.54) is 6.33 Å². The number of aromatic nitrogens is 7. The maximum atomic E-state index is 6.06. The molecule has 1 aliphatic rings. The zero-order valence-electron chi connectivity index (χ0n) is 17.1. The Bertz CT molecular complexity index is 1140. The summed E-state index contributed by atoms with van der Waals surface area (Å²) in [5.74, 6) is 1.57. The van der Waals surface area contributed by atoms with Crippen molar-refractivity contribution in [3.05, 3.63) is 43.4 Å². The van der Waals surface area contributed by atoms with Gasteiger partial charge in [-0.25, -0.2) is 15.0 Å². The minimum Gasteiger partial charge on any atom is -0.487 e. The van der Waals surface area contributed by atoms with Crippen LogP contribution in [-0.2, 0) is 7.05 Å². The third-order valence-electron chi connectivity index (χ3n) is 5.66. The molecule has 0 saturated heterocycles. The summed E-state index contributed by atoms with van der Waals surface area (Å²) >= 11 is 0. The summed E-state index contributed by atoms with van der Waals surface area (Å²) in [4.78, 5) is 12.6. The highest BCUT2D eigenvalue weighted by atomic mass is 16.5. The molecule has 1 aliphatic carbocycles. The summed E-state index contributed by atoms with van der Waals surface area (Å²) in [6.07, 6.45) is 14.8. The van der Waals surface area contributed by atoms with Gasteiger partial charge in [-0.2, -0.15) is 10.2 Å². The van der Waals surface area contributed by atoms with E-state index in [0.29, 0.717) is 6.04 Å². The quantitative estimate of drug-likeness (QED) is 0.545. The molecule has 1 fully saturated rings. The van der Waals surface area contributed by atoms with E-state index in [0.717, 1.165) is 59.4 Å². The molecule has 0 aromatic carbocycles. The predicted octanol–water partition coefficient (Wildman–Crippen LogP) is 3.23. The van der Waals surface area contributed by atoms with Gasteiger partial charge in [-0.05, 0) is 25.7 Å². The largest absolute Gasteiger partial charge is 0.487 e. The maximum absolute atomic E-state index is 6.06. The molecule has 1 N–H and O–H groups in total. The SMILES string of the molecule is CNc1cc2c(cn1)c(-c1cnn(C)c1)nn2[C@H]1CC[C@@H](Oc2cncnc2)CC1. The summed E-state index contributed by atoms with van der Waals surface area (Å²) in [5, 5.41) is 13.5. The fraction of sp³-hybridized carbons (Fsp3) is 0.381. The van der Waals surface area contributed by atoms with Crippen LogP contribution >= 0.6 is 0 Å². The fourth-order valence-corrected chi connectivity index (χ4v) is 4.15. The molecule has 0 radical (unpaired) electrons. The monoisotopic (exact) mass is 404 g/mol. The second-order valence-corrected chi connectivity index (χ2v) is 7.66. The maximum Gasteiger partial charge on any atom is 0.156 e. The molecule has 0 aliphatic heterocycles. The molecule has 30 heavy (non-hydrogen) atoms. The average molecular weight is 404 g/mol. The van der Waals surface area contributed by atoms with Crippen molar-refractivity contribution in [2.45, 2.75) is 37.8 Å². The summed E-state index contributed by atoms with van der Waals surface area (Å²) in [7, 11) is 3.80. The third-order valence-corrected chi connectivity index (χ3v) is 5.66. The first-order chi connectivity index (χ1) is 14.7. The van der Waals surface area contributed by atoms with Crippen LogP contribution in [0.25, 0.3) is 22.2 Å². The third kappa shape index (κ3) is 3.47. The summed E-state index contributed by atoms with van der Waals surface area (Å²) in [5.41, 5.74) is 3.02. The molecule has 9 nitrogen and oxygen atoms in total. The standard InChI is InChI=1S/C21H24N8O/c1-22-20-7-19-18(11-25-20)21(14-8-26-28(2)12-14)27-29(19)15-3-5-16(6-4-15)30-17-9-23-13-24-10-17/h7-13,15-16H,3-6H2,1-2H3,(H,22,25)/t15-,16+. The molecule has 1 saturated carbocycles. The van der Waals surface area contributed by atoms with Crippen molar-refractivity contribution >= 4 is 16.7 Å². The van der Waals surface area contributed by atoms with Crippen LogP contribution in [0.2, 0.25) is 0 Å². The first-order valence-electron chi connectivity index (χ1n) is 10.2. The van der Waals surface area contributed by atoms with Crippen LogP contribution in [-0.4, -0.2) is 47.7 Å². The second-order valence-electron chi connectivity index (χ2n) is 7.66. The van der Waals surface area contributed by atoms with E-state index >= 15 is 0 Å². The van der Waals surface area contributed by atoms with Crippen molar-refractivity contribution in [1.82, 2.24) is 34.5 Å². The molecular weight excluding hydrogens is 380 g/mol. The number of fused-ring (bicyclic) bond motifs is 1. The lowest BCUT2D eigenvalue weighted by atomic mass is 9.93. The Hall–Kier alpha value is -3.49. The molecule has 4 aromatic heterocycles. The highest BCUT2D eigenvalue weighted by Gasteiger charge is 2.27. The van der Waals surface area contributed by atoms with Crippen molar-refractivity contribution < 1.29 is 4.74 Å². The topological polar surface area (TPSA) is 95.6 Å². The van der Waals surface area contributed by atoms with Crippen LogP contribution in [0.1, 0.15) is 31.7 Å². The number of nitrogens with zero attached hydrogens (tertiary/aromatic N) is 7. The van der Waals surface area contributed by atoms with Crippen LogP contribution in [0.4, 0.5) is 5.82 Å². The molecule has 0 spiro atoms. The average Bonchev–Trinajstić information content (AvgIpc) is 3.38. The first kappa shape index (κ1) is 18.5. The Morgan fingerprint density at radius 3 is 2.57 bits per heavy atom. The van der Waals surface area contributed by atoms with Crippen LogP contribution in [0.15, 0.2) is 43.4 Å². The number of nitrogens with one attached hydrogen (secondary N) is 1. The van der Waals surface area contributed by atoms with E-state index in [4.69, 9.17) is 9.84 Å². The van der Waals surface area contributed by atoms with Gasteiger partial charge >= 0.3 is 0 Å². The van der Waals surface area contributed by atoms with Gasteiger partial charge in [-0.1, -0.05) is 0 Å². The van der Waals surface area contributed by atoms with Crippen molar-refractivity contribution in [3.8, 4) is 17.0 Å². The van der Waals surface area contributed by atoms with Gasteiger partial charge in [-0.15, -0.1) is 0 Å². The number of ether oxygens (including phenoxy) is 1. The van der Waals surface area contributed by atoms with Gasteiger partial charge in [0.1, 0.15) is 17.8 Å². The second kappa shape index (κ2) is 7.74. The van der Waals surface area contributed by atoms with Gasteiger partial charge in [0.05, 0.1) is 36.3 Å². The van der Waals surface area contributed by atoms with Gasteiger partial charge in [0.25, 0.3) is 0 Å². The number of rotatable bonds is 5. The minimum atomic E-state index is 0.182. The molecule has 4 heterocycles. The lowest BCUT2D eigenvalue weighted by Gasteiger charge is -2.29. The minimum absolute atomic E-state index is 0.182. The lowest BCUT2D eigenvalue weighted by molar-refractivity contribution is 0.130. The number of anilines is 1. The van der Waals surface area contributed by atoms with E-state index in [1.54, 1.807) is 17.1 Å². The van der Waals surface area contributed by atoms with Gasteiger partial charge < -0.3 is 10.1 Å². The smallest absolute Gasteiger partial charge is 0.156 e. The van der Waals surface area contributed by atoms with E-state index < -0.39 is 0 Å². The molecule has 154 valence electrons. The van der Waals surface area contributed by atoms with E-state index in [1.807, 2.05) is 32.7 Å². The Kier molecular flexibility index (Phi) is 4.78. The molecule has 0 unspecified atom stereocenters. The highest BCUT2D eigenvalue weighted by Crippen LogP contribution is 2.36. The van der Waals surface area contributed by atoms with E-state index in [2.05, 4.69) is 36.1 Å². The molecule has 4 aromatic rings. The van der Waals surface area contributed by atoms with Crippen LogP contribution in [0, 0.1) is 0 Å².